The predicted octanol–water partition coefficient (Wildman–Crippen LogP) is -13.4. The van der Waals surface area contributed by atoms with Crippen molar-refractivity contribution >= 4 is 91.0 Å². The van der Waals surface area contributed by atoms with Crippen LogP contribution in [0, 0.1) is 0 Å². The Morgan fingerprint density at radius 1 is 0.250 bits per heavy atom. The van der Waals surface area contributed by atoms with Gasteiger partial charge in [0.2, 0.25) is 0 Å². The van der Waals surface area contributed by atoms with Gasteiger partial charge in [-0.1, -0.05) is 0 Å². The zero-order valence-electron chi connectivity index (χ0n) is 6.17. The molecule has 0 spiro atoms. The predicted molar refractivity (Wildman–Crippen MR) is 40.4 cm³/mol. The summed E-state index contributed by atoms with van der Waals surface area (Å²) in [7, 11) is 0. The first-order chi connectivity index (χ1) is 0. The summed E-state index contributed by atoms with van der Waals surface area (Å²) < 4.78 is 0. The average molecular weight is 390 g/mol. The Labute approximate surface area is 156 Å². The summed E-state index contributed by atoms with van der Waals surface area (Å²) >= 11 is 0. The van der Waals surface area contributed by atoms with Crippen LogP contribution in [-0.4, -0.2) is 135 Å². The van der Waals surface area contributed by atoms with Crippen LogP contribution < -0.4 is 24.8 Å². The first kappa shape index (κ1) is 297. The van der Waals surface area contributed by atoms with Gasteiger partial charge in [-0.3, -0.25) is 0 Å². The Morgan fingerprint density at radius 2 is 0.250 bits per heavy atom. The molecule has 0 amide bonds. The van der Waals surface area contributed by atoms with E-state index in [9.17, 15) is 0 Å². The Bertz CT molecular complexity index is 15.0. The van der Waals surface area contributed by atoms with E-state index in [-0.39, 0.29) is 160 Å². The number of halogens is 2. The molecule has 0 fully saturated rings. The maximum absolute atomic E-state index is 0. The topological polar surface area (TPSA) is 252 Å². The van der Waals surface area contributed by atoms with Gasteiger partial charge in [0.25, 0.3) is 0 Å². The van der Waals surface area contributed by atoms with E-state index in [4.69, 9.17) is 0 Å². The second kappa shape index (κ2) is 240. The van der Waals surface area contributed by atoms with Gasteiger partial charge in [-0.15, -0.1) is 0 Å². The van der Waals surface area contributed by atoms with Crippen LogP contribution in [0.4, 0.5) is 0 Å². The van der Waals surface area contributed by atoms with Crippen LogP contribution in [0.3, 0.4) is 0 Å². The van der Waals surface area contributed by atoms with Gasteiger partial charge in [-0.25, -0.2) is 0 Å². The van der Waals surface area contributed by atoms with E-state index in [1.807, 2.05) is 0 Å². The van der Waals surface area contributed by atoms with E-state index < -0.39 is 0 Å². The molecule has 0 radical (unpaired) electrons. The molecule has 0 atom stereocenters. The van der Waals surface area contributed by atoms with Crippen molar-refractivity contribution in [3.63, 3.8) is 0 Å². The van der Waals surface area contributed by atoms with Gasteiger partial charge in [0.1, 0.15) is 0 Å². The van der Waals surface area contributed by atoms with Crippen molar-refractivity contribution in [2.45, 2.75) is 0 Å². The van der Waals surface area contributed by atoms with Gasteiger partial charge in [0.15, 0.2) is 0 Å². The molecule has 80 valence electrons. The zero-order chi connectivity index (χ0) is 0. The molecule has 16 N–H and O–H groups in total. The smallest absolute Gasteiger partial charge is 1.00 e. The van der Waals surface area contributed by atoms with Gasteiger partial charge in [0, 0.05) is 0 Å². The van der Waals surface area contributed by atoms with Crippen molar-refractivity contribution in [1.82, 2.24) is 0 Å². The molecule has 0 saturated carbocycles. The summed E-state index contributed by atoms with van der Waals surface area (Å²) in [5, 5.41) is 0. The van der Waals surface area contributed by atoms with E-state index >= 15 is 0 Å². The molecule has 0 aromatic carbocycles. The second-order valence-corrected chi connectivity index (χ2v) is 0. The van der Waals surface area contributed by atoms with Crippen LogP contribution in [0.1, 0.15) is 0 Å². The van der Waals surface area contributed by atoms with E-state index in [0.717, 1.165) is 0 Å². The molecule has 8 nitrogen and oxygen atoms in total. The summed E-state index contributed by atoms with van der Waals surface area (Å²) in [6.07, 6.45) is 0. The molecule has 0 unspecified atom stereocenters. The molecule has 0 aliphatic carbocycles. The average Bonchev–Trinajstić information content (AvgIpc) is 0. The van der Waals surface area contributed by atoms with E-state index in [2.05, 4.69) is 0 Å². The maximum atomic E-state index is 0. The third-order valence-electron chi connectivity index (χ3n) is 0. The van der Waals surface area contributed by atoms with E-state index in [0.29, 0.717) is 0 Å². The molecular formula is H16Cl2O8Sr2+2. The minimum atomic E-state index is 0. The van der Waals surface area contributed by atoms with Crippen LogP contribution in [-0.2, 0) is 0 Å². The molecule has 12 heteroatoms. The molecule has 0 heterocycles. The fraction of sp³-hybridized carbons (Fsp3) is 0. The summed E-state index contributed by atoms with van der Waals surface area (Å²) in [4.78, 5) is 0. The Morgan fingerprint density at radius 3 is 0.250 bits per heavy atom. The molecule has 0 aromatic rings. The Kier molecular flexibility index (Phi) is 5920. The van der Waals surface area contributed by atoms with Gasteiger partial charge in [-0.05, 0) is 0 Å². The molecule has 0 rings (SSSR count). The quantitative estimate of drug-likeness (QED) is 0.349. The molecular weight excluding hydrogens is 374 g/mol. The molecule has 0 aliphatic rings. The first-order valence-electron chi connectivity index (χ1n) is 0. The van der Waals surface area contributed by atoms with Crippen LogP contribution in [0.5, 0.6) is 0 Å². The number of rotatable bonds is 0. The van der Waals surface area contributed by atoms with Crippen molar-refractivity contribution < 1.29 is 68.6 Å². The first-order valence-corrected chi connectivity index (χ1v) is 0. The Hall–Kier alpha value is 3.22. The van der Waals surface area contributed by atoms with Crippen LogP contribution in [0.2, 0.25) is 0 Å². The van der Waals surface area contributed by atoms with Gasteiger partial charge in [-0.2, -0.15) is 0 Å². The second-order valence-electron chi connectivity index (χ2n) is 0. The third-order valence-corrected chi connectivity index (χ3v) is 0. The van der Waals surface area contributed by atoms with Crippen molar-refractivity contribution in [3.05, 3.63) is 0 Å². The van der Waals surface area contributed by atoms with Crippen LogP contribution in [0.15, 0.2) is 0 Å². The molecule has 0 aliphatic heterocycles. The van der Waals surface area contributed by atoms with E-state index in [1.165, 1.54) is 0 Å². The van der Waals surface area contributed by atoms with Gasteiger partial charge >= 0.3 is 91.0 Å². The third kappa shape index (κ3) is 190. The van der Waals surface area contributed by atoms with Gasteiger partial charge < -0.3 is 68.6 Å². The zero-order valence-corrected chi connectivity index (χ0v) is 14.6. The standard InChI is InChI=1S/2ClH.8H2O.2Sr/h2*1H;8*1H2;;/q;;;;;;;;;;2*+2/p-2. The fourth-order valence-electron chi connectivity index (χ4n) is 0. The fourth-order valence-corrected chi connectivity index (χ4v) is 0. The molecule has 0 saturated heterocycles. The largest absolute Gasteiger partial charge is 2.00 e. The SMILES string of the molecule is O.O.O.O.O.O.O.O.[Cl-].[Cl-].[Sr+2].[Sr+2]. The van der Waals surface area contributed by atoms with Crippen LogP contribution in [0.25, 0.3) is 0 Å². The normalized spacial score (nSPS) is 0. The Balaban J connectivity index is 0. The van der Waals surface area contributed by atoms with Crippen molar-refractivity contribution in [2.75, 3.05) is 0 Å². The summed E-state index contributed by atoms with van der Waals surface area (Å²) in [5.74, 6) is 0. The van der Waals surface area contributed by atoms with Crippen LogP contribution >= 0.6 is 0 Å². The maximum Gasteiger partial charge on any atom is 2.00 e. The van der Waals surface area contributed by atoms with E-state index in [1.54, 1.807) is 0 Å². The summed E-state index contributed by atoms with van der Waals surface area (Å²) in [6, 6.07) is 0. The molecule has 0 aromatic heterocycles. The minimum absolute atomic E-state index is 0. The van der Waals surface area contributed by atoms with Crippen molar-refractivity contribution in [3.8, 4) is 0 Å². The minimum Gasteiger partial charge on any atom is -1.00 e. The summed E-state index contributed by atoms with van der Waals surface area (Å²) in [6.45, 7) is 0. The number of hydrogen-bond acceptors (Lipinski definition) is 0. The van der Waals surface area contributed by atoms with Crippen molar-refractivity contribution in [1.29, 1.82) is 0 Å². The number of hydrogen-bond donors (Lipinski definition) is 0. The molecule has 0 bridgehead atoms. The van der Waals surface area contributed by atoms with Gasteiger partial charge in [0.05, 0.1) is 0 Å². The summed E-state index contributed by atoms with van der Waals surface area (Å²) in [5.41, 5.74) is 0. The monoisotopic (exact) mass is 390 g/mol. The van der Waals surface area contributed by atoms with Crippen molar-refractivity contribution in [2.24, 2.45) is 0 Å². The molecule has 12 heavy (non-hydrogen) atoms.